The Kier molecular flexibility index (Phi) is 3.76. The third kappa shape index (κ3) is 2.98. The minimum Gasteiger partial charge on any atom is -0.311 e. The average molecular weight is 241 g/mol. The SMILES string of the molecule is C/C(=N\OC(=O)c1ccccn1)c1ccncc1. The fourth-order valence-corrected chi connectivity index (χ4v) is 1.29. The van der Waals surface area contributed by atoms with Crippen molar-refractivity contribution in [3.8, 4) is 0 Å². The molecule has 2 aromatic heterocycles. The summed E-state index contributed by atoms with van der Waals surface area (Å²) in [4.78, 5) is 24.2. The van der Waals surface area contributed by atoms with Gasteiger partial charge >= 0.3 is 5.97 Å². The quantitative estimate of drug-likeness (QED) is 0.468. The second-order valence-corrected chi connectivity index (χ2v) is 3.51. The Hall–Kier alpha value is -2.56. The summed E-state index contributed by atoms with van der Waals surface area (Å²) in [6.45, 7) is 1.75. The van der Waals surface area contributed by atoms with Gasteiger partial charge < -0.3 is 4.84 Å². The molecule has 0 unspecified atom stereocenters. The minimum absolute atomic E-state index is 0.226. The number of carbonyl (C=O) groups excluding carboxylic acids is 1. The van der Waals surface area contributed by atoms with Crippen LogP contribution in [0.15, 0.2) is 54.1 Å². The Morgan fingerprint density at radius 3 is 2.61 bits per heavy atom. The van der Waals surface area contributed by atoms with Crippen molar-refractivity contribution in [1.82, 2.24) is 9.97 Å². The van der Waals surface area contributed by atoms with Crippen molar-refractivity contribution >= 4 is 11.7 Å². The number of hydrogen-bond acceptors (Lipinski definition) is 5. The van der Waals surface area contributed by atoms with Gasteiger partial charge in [0.1, 0.15) is 0 Å². The van der Waals surface area contributed by atoms with Crippen LogP contribution >= 0.6 is 0 Å². The summed E-state index contributed by atoms with van der Waals surface area (Å²) in [5.74, 6) is -0.580. The van der Waals surface area contributed by atoms with Crippen molar-refractivity contribution in [2.24, 2.45) is 5.16 Å². The van der Waals surface area contributed by atoms with Gasteiger partial charge in [-0.15, -0.1) is 0 Å². The van der Waals surface area contributed by atoms with E-state index in [4.69, 9.17) is 4.84 Å². The second kappa shape index (κ2) is 5.67. The molecule has 0 bridgehead atoms. The van der Waals surface area contributed by atoms with E-state index >= 15 is 0 Å². The molecule has 0 aliphatic heterocycles. The number of aromatic nitrogens is 2. The van der Waals surface area contributed by atoms with Crippen LogP contribution in [0.1, 0.15) is 23.0 Å². The summed E-state index contributed by atoms with van der Waals surface area (Å²) >= 11 is 0. The number of oxime groups is 1. The lowest BCUT2D eigenvalue weighted by molar-refractivity contribution is 0.0509. The van der Waals surface area contributed by atoms with Gasteiger partial charge in [-0.2, -0.15) is 0 Å². The first-order valence-electron chi connectivity index (χ1n) is 5.35. The molecule has 0 aliphatic rings. The molecule has 90 valence electrons. The van der Waals surface area contributed by atoms with E-state index in [-0.39, 0.29) is 5.69 Å². The van der Waals surface area contributed by atoms with Gasteiger partial charge in [0.05, 0.1) is 5.71 Å². The van der Waals surface area contributed by atoms with Crippen molar-refractivity contribution in [3.05, 3.63) is 60.2 Å². The summed E-state index contributed by atoms with van der Waals surface area (Å²) in [7, 11) is 0. The number of nitrogens with zero attached hydrogens (tertiary/aromatic N) is 3. The first-order chi connectivity index (χ1) is 8.77. The Labute approximate surface area is 104 Å². The van der Waals surface area contributed by atoms with Crippen molar-refractivity contribution in [1.29, 1.82) is 0 Å². The van der Waals surface area contributed by atoms with Crippen LogP contribution < -0.4 is 0 Å². The fourth-order valence-electron chi connectivity index (χ4n) is 1.29. The normalized spacial score (nSPS) is 11.1. The Morgan fingerprint density at radius 2 is 1.94 bits per heavy atom. The zero-order chi connectivity index (χ0) is 12.8. The highest BCUT2D eigenvalue weighted by atomic mass is 16.7. The van der Waals surface area contributed by atoms with E-state index in [1.165, 1.54) is 6.20 Å². The predicted molar refractivity (Wildman–Crippen MR) is 66.1 cm³/mol. The van der Waals surface area contributed by atoms with E-state index in [0.717, 1.165) is 5.56 Å². The fraction of sp³-hybridized carbons (Fsp3) is 0.0769. The largest absolute Gasteiger partial charge is 0.383 e. The topological polar surface area (TPSA) is 64.4 Å². The summed E-state index contributed by atoms with van der Waals surface area (Å²) in [5, 5.41) is 3.77. The van der Waals surface area contributed by atoms with Gasteiger partial charge in [-0.3, -0.25) is 4.98 Å². The van der Waals surface area contributed by atoms with Gasteiger partial charge in [-0.1, -0.05) is 11.2 Å². The molecular weight excluding hydrogens is 230 g/mol. The van der Waals surface area contributed by atoms with E-state index in [1.54, 1.807) is 49.6 Å². The first-order valence-corrected chi connectivity index (χ1v) is 5.35. The van der Waals surface area contributed by atoms with Gasteiger partial charge in [-0.05, 0) is 31.2 Å². The third-order valence-corrected chi connectivity index (χ3v) is 2.24. The highest BCUT2D eigenvalue weighted by molar-refractivity contribution is 5.98. The summed E-state index contributed by atoms with van der Waals surface area (Å²) < 4.78 is 0. The van der Waals surface area contributed by atoms with Crippen LogP contribution in [0.5, 0.6) is 0 Å². The van der Waals surface area contributed by atoms with Crippen molar-refractivity contribution in [2.45, 2.75) is 6.92 Å². The maximum absolute atomic E-state index is 11.6. The maximum atomic E-state index is 11.6. The zero-order valence-electron chi connectivity index (χ0n) is 9.78. The number of carbonyl (C=O) groups is 1. The molecule has 0 saturated carbocycles. The molecule has 0 radical (unpaired) electrons. The first kappa shape index (κ1) is 11.9. The molecule has 0 N–H and O–H groups in total. The van der Waals surface area contributed by atoms with Crippen LogP contribution in [-0.4, -0.2) is 21.6 Å². The van der Waals surface area contributed by atoms with Crippen LogP contribution in [0.3, 0.4) is 0 Å². The summed E-state index contributed by atoms with van der Waals surface area (Å²) in [6, 6.07) is 8.58. The average Bonchev–Trinajstić information content (AvgIpc) is 2.46. The monoisotopic (exact) mass is 241 g/mol. The van der Waals surface area contributed by atoms with Gasteiger partial charge in [-0.25, -0.2) is 9.78 Å². The lowest BCUT2D eigenvalue weighted by Gasteiger charge is -2.00. The molecule has 0 aromatic carbocycles. The van der Waals surface area contributed by atoms with E-state index in [0.29, 0.717) is 5.71 Å². The molecule has 0 saturated heterocycles. The van der Waals surface area contributed by atoms with Crippen molar-refractivity contribution in [2.75, 3.05) is 0 Å². The van der Waals surface area contributed by atoms with Gasteiger partial charge in [0.25, 0.3) is 0 Å². The lowest BCUT2D eigenvalue weighted by Crippen LogP contribution is -2.05. The van der Waals surface area contributed by atoms with E-state index in [1.807, 2.05) is 0 Å². The highest BCUT2D eigenvalue weighted by Gasteiger charge is 2.07. The van der Waals surface area contributed by atoms with E-state index in [2.05, 4.69) is 15.1 Å². The molecule has 2 aromatic rings. The van der Waals surface area contributed by atoms with Crippen LogP contribution in [0.4, 0.5) is 0 Å². The van der Waals surface area contributed by atoms with Crippen molar-refractivity contribution < 1.29 is 9.63 Å². The zero-order valence-corrected chi connectivity index (χ0v) is 9.78. The molecule has 5 nitrogen and oxygen atoms in total. The van der Waals surface area contributed by atoms with Crippen LogP contribution in [0.2, 0.25) is 0 Å². The molecule has 0 fully saturated rings. The second-order valence-electron chi connectivity index (χ2n) is 3.51. The Bertz CT molecular complexity index is 553. The molecule has 0 amide bonds. The molecule has 0 atom stereocenters. The third-order valence-electron chi connectivity index (χ3n) is 2.24. The smallest absolute Gasteiger partial charge is 0.311 e. The van der Waals surface area contributed by atoms with E-state index in [9.17, 15) is 4.79 Å². The number of pyridine rings is 2. The van der Waals surface area contributed by atoms with E-state index < -0.39 is 5.97 Å². The molecular formula is C13H11N3O2. The van der Waals surface area contributed by atoms with Crippen molar-refractivity contribution in [3.63, 3.8) is 0 Å². The minimum atomic E-state index is -0.580. The van der Waals surface area contributed by atoms with Gasteiger partial charge in [0, 0.05) is 24.2 Å². The molecule has 5 heteroatoms. The lowest BCUT2D eigenvalue weighted by atomic mass is 10.2. The molecule has 0 aliphatic carbocycles. The van der Waals surface area contributed by atoms with Crippen LogP contribution in [0, 0.1) is 0 Å². The molecule has 2 rings (SSSR count). The predicted octanol–water partition coefficient (Wildman–Crippen LogP) is 2.06. The summed E-state index contributed by atoms with van der Waals surface area (Å²) in [5.41, 5.74) is 1.67. The Balaban J connectivity index is 2.05. The van der Waals surface area contributed by atoms with Gasteiger partial charge in [0.15, 0.2) is 5.69 Å². The highest BCUT2D eigenvalue weighted by Crippen LogP contribution is 2.02. The maximum Gasteiger partial charge on any atom is 0.383 e. The number of rotatable bonds is 3. The number of hydrogen-bond donors (Lipinski definition) is 0. The summed E-state index contributed by atoms with van der Waals surface area (Å²) in [6.07, 6.45) is 4.82. The standard InChI is InChI=1S/C13H11N3O2/c1-10(11-5-8-14-9-6-11)16-18-13(17)12-4-2-3-7-15-12/h2-9H,1H3/b16-10+. The van der Waals surface area contributed by atoms with Crippen LogP contribution in [-0.2, 0) is 4.84 Å². The molecule has 0 spiro atoms. The molecule has 18 heavy (non-hydrogen) atoms. The molecule has 2 heterocycles. The van der Waals surface area contributed by atoms with Crippen LogP contribution in [0.25, 0.3) is 0 Å². The van der Waals surface area contributed by atoms with Gasteiger partial charge in [0.2, 0.25) is 0 Å². The Morgan fingerprint density at radius 1 is 1.17 bits per heavy atom.